The summed E-state index contributed by atoms with van der Waals surface area (Å²) in [5, 5.41) is 2.83. The summed E-state index contributed by atoms with van der Waals surface area (Å²) < 4.78 is 5.27. The SMILES string of the molecule is COc1ccc(C)cc1/C=C/C(=O)NCc1ccncc1. The summed E-state index contributed by atoms with van der Waals surface area (Å²) in [6.07, 6.45) is 6.68. The number of methoxy groups -OCH3 is 1. The van der Waals surface area contributed by atoms with E-state index in [-0.39, 0.29) is 5.91 Å². The number of nitrogens with zero attached hydrogens (tertiary/aromatic N) is 1. The van der Waals surface area contributed by atoms with Crippen LogP contribution in [0.4, 0.5) is 0 Å². The van der Waals surface area contributed by atoms with Gasteiger partial charge >= 0.3 is 0 Å². The van der Waals surface area contributed by atoms with Gasteiger partial charge in [0.2, 0.25) is 5.91 Å². The van der Waals surface area contributed by atoms with Crippen molar-refractivity contribution in [1.82, 2.24) is 10.3 Å². The predicted octanol–water partition coefficient (Wildman–Crippen LogP) is 2.73. The second-order valence-electron chi connectivity index (χ2n) is 4.65. The van der Waals surface area contributed by atoms with Crippen LogP contribution in [0.25, 0.3) is 6.08 Å². The van der Waals surface area contributed by atoms with Crippen molar-refractivity contribution in [1.29, 1.82) is 0 Å². The fourth-order valence-electron chi connectivity index (χ4n) is 1.90. The zero-order chi connectivity index (χ0) is 15.1. The van der Waals surface area contributed by atoms with Gasteiger partial charge in [0.15, 0.2) is 0 Å². The largest absolute Gasteiger partial charge is 0.496 e. The molecule has 1 heterocycles. The van der Waals surface area contributed by atoms with Gasteiger partial charge in [-0.1, -0.05) is 11.6 Å². The van der Waals surface area contributed by atoms with Crippen molar-refractivity contribution in [2.24, 2.45) is 0 Å². The third kappa shape index (κ3) is 4.45. The standard InChI is InChI=1S/C17H18N2O2/c1-13-3-5-16(21-2)15(11-13)4-6-17(20)19-12-14-7-9-18-10-8-14/h3-11H,12H2,1-2H3,(H,19,20)/b6-4+. The van der Waals surface area contributed by atoms with Crippen LogP contribution < -0.4 is 10.1 Å². The summed E-state index contributed by atoms with van der Waals surface area (Å²) in [5.74, 6) is 0.606. The molecule has 2 rings (SSSR count). The van der Waals surface area contributed by atoms with Crippen LogP contribution in [0, 0.1) is 6.92 Å². The van der Waals surface area contributed by atoms with E-state index < -0.39 is 0 Å². The van der Waals surface area contributed by atoms with E-state index in [1.807, 2.05) is 37.3 Å². The Labute approximate surface area is 124 Å². The van der Waals surface area contributed by atoms with Crippen molar-refractivity contribution >= 4 is 12.0 Å². The zero-order valence-corrected chi connectivity index (χ0v) is 12.2. The topological polar surface area (TPSA) is 51.2 Å². The number of pyridine rings is 1. The Morgan fingerprint density at radius 3 is 2.76 bits per heavy atom. The number of aromatic nitrogens is 1. The molecule has 0 saturated heterocycles. The summed E-state index contributed by atoms with van der Waals surface area (Å²) in [6.45, 7) is 2.48. The minimum Gasteiger partial charge on any atom is -0.496 e. The Morgan fingerprint density at radius 1 is 1.29 bits per heavy atom. The highest BCUT2D eigenvalue weighted by molar-refractivity contribution is 5.92. The fourth-order valence-corrected chi connectivity index (χ4v) is 1.90. The molecule has 1 N–H and O–H groups in total. The molecule has 21 heavy (non-hydrogen) atoms. The van der Waals surface area contributed by atoms with E-state index in [9.17, 15) is 4.79 Å². The van der Waals surface area contributed by atoms with Gasteiger partial charge in [-0.25, -0.2) is 0 Å². The van der Waals surface area contributed by atoms with Crippen LogP contribution in [0.1, 0.15) is 16.7 Å². The summed E-state index contributed by atoms with van der Waals surface area (Å²) in [7, 11) is 1.62. The van der Waals surface area contributed by atoms with Gasteiger partial charge in [-0.3, -0.25) is 9.78 Å². The van der Waals surface area contributed by atoms with Crippen LogP contribution in [-0.4, -0.2) is 18.0 Å². The summed E-state index contributed by atoms with van der Waals surface area (Å²) in [4.78, 5) is 15.8. The summed E-state index contributed by atoms with van der Waals surface area (Å²) in [5.41, 5.74) is 3.02. The van der Waals surface area contributed by atoms with Crippen molar-refractivity contribution in [2.45, 2.75) is 13.5 Å². The lowest BCUT2D eigenvalue weighted by Crippen LogP contribution is -2.20. The van der Waals surface area contributed by atoms with Gasteiger partial charge in [-0.15, -0.1) is 0 Å². The third-order valence-electron chi connectivity index (χ3n) is 3.02. The highest BCUT2D eigenvalue weighted by Crippen LogP contribution is 2.20. The van der Waals surface area contributed by atoms with E-state index in [1.165, 1.54) is 6.08 Å². The number of hydrogen-bond acceptors (Lipinski definition) is 3. The van der Waals surface area contributed by atoms with Gasteiger partial charge in [0.05, 0.1) is 7.11 Å². The number of ether oxygens (including phenoxy) is 1. The Bertz CT molecular complexity index is 636. The van der Waals surface area contributed by atoms with E-state index in [0.717, 1.165) is 22.4 Å². The zero-order valence-electron chi connectivity index (χ0n) is 12.2. The molecular formula is C17H18N2O2. The minimum atomic E-state index is -0.143. The molecule has 0 bridgehead atoms. The number of rotatable bonds is 5. The second-order valence-corrected chi connectivity index (χ2v) is 4.65. The highest BCUT2D eigenvalue weighted by Gasteiger charge is 2.01. The normalized spacial score (nSPS) is 10.6. The Hall–Kier alpha value is -2.62. The summed E-state index contributed by atoms with van der Waals surface area (Å²) in [6, 6.07) is 9.58. The average Bonchev–Trinajstić information content (AvgIpc) is 2.52. The molecule has 4 nitrogen and oxygen atoms in total. The molecule has 108 valence electrons. The molecule has 1 aromatic heterocycles. The van der Waals surface area contributed by atoms with Crippen molar-refractivity contribution in [3.63, 3.8) is 0 Å². The lowest BCUT2D eigenvalue weighted by atomic mass is 10.1. The van der Waals surface area contributed by atoms with Crippen molar-refractivity contribution in [2.75, 3.05) is 7.11 Å². The number of hydrogen-bond donors (Lipinski definition) is 1. The fraction of sp³-hybridized carbons (Fsp3) is 0.176. The molecule has 0 spiro atoms. The molecule has 2 aromatic rings. The maximum Gasteiger partial charge on any atom is 0.244 e. The molecular weight excluding hydrogens is 264 g/mol. The first kappa shape index (κ1) is 14.8. The molecule has 0 aliphatic rings. The molecule has 0 fully saturated rings. The van der Waals surface area contributed by atoms with Crippen molar-refractivity contribution < 1.29 is 9.53 Å². The molecule has 0 saturated carbocycles. The van der Waals surface area contributed by atoms with Crippen LogP contribution in [0.3, 0.4) is 0 Å². The molecule has 0 unspecified atom stereocenters. The Kier molecular flexibility index (Phi) is 5.10. The molecule has 1 amide bonds. The molecule has 4 heteroatoms. The predicted molar refractivity (Wildman–Crippen MR) is 82.8 cm³/mol. The Balaban J connectivity index is 1.97. The van der Waals surface area contributed by atoms with Crippen LogP contribution >= 0.6 is 0 Å². The highest BCUT2D eigenvalue weighted by atomic mass is 16.5. The van der Waals surface area contributed by atoms with Crippen LogP contribution in [0.5, 0.6) is 5.75 Å². The number of carbonyl (C=O) groups is 1. The Morgan fingerprint density at radius 2 is 2.05 bits per heavy atom. The van der Waals surface area contributed by atoms with E-state index in [1.54, 1.807) is 25.6 Å². The number of aryl methyl sites for hydroxylation is 1. The molecule has 1 aromatic carbocycles. The third-order valence-corrected chi connectivity index (χ3v) is 3.02. The molecule has 0 radical (unpaired) electrons. The smallest absolute Gasteiger partial charge is 0.244 e. The first-order valence-corrected chi connectivity index (χ1v) is 6.68. The minimum absolute atomic E-state index is 0.143. The first-order chi connectivity index (χ1) is 10.2. The lowest BCUT2D eigenvalue weighted by Gasteiger charge is -2.06. The first-order valence-electron chi connectivity index (χ1n) is 6.68. The number of nitrogens with one attached hydrogen (secondary N) is 1. The van der Waals surface area contributed by atoms with Gasteiger partial charge in [-0.05, 0) is 42.8 Å². The van der Waals surface area contributed by atoms with Crippen LogP contribution in [0.15, 0.2) is 48.8 Å². The van der Waals surface area contributed by atoms with Crippen LogP contribution in [-0.2, 0) is 11.3 Å². The van der Waals surface area contributed by atoms with Gasteiger partial charge < -0.3 is 10.1 Å². The summed E-state index contributed by atoms with van der Waals surface area (Å²) >= 11 is 0. The molecule has 0 aliphatic carbocycles. The molecule has 0 aliphatic heterocycles. The lowest BCUT2D eigenvalue weighted by molar-refractivity contribution is -0.116. The van der Waals surface area contributed by atoms with E-state index in [0.29, 0.717) is 6.54 Å². The average molecular weight is 282 g/mol. The van der Waals surface area contributed by atoms with Crippen molar-refractivity contribution in [3.05, 3.63) is 65.5 Å². The van der Waals surface area contributed by atoms with Crippen LogP contribution in [0.2, 0.25) is 0 Å². The molecule has 0 atom stereocenters. The second kappa shape index (κ2) is 7.24. The monoisotopic (exact) mass is 282 g/mol. The number of benzene rings is 1. The van der Waals surface area contributed by atoms with E-state index in [4.69, 9.17) is 4.74 Å². The van der Waals surface area contributed by atoms with E-state index >= 15 is 0 Å². The quantitative estimate of drug-likeness (QED) is 0.858. The van der Waals surface area contributed by atoms with Crippen molar-refractivity contribution in [3.8, 4) is 5.75 Å². The van der Waals surface area contributed by atoms with Gasteiger partial charge in [0.25, 0.3) is 0 Å². The van der Waals surface area contributed by atoms with Gasteiger partial charge in [0, 0.05) is 30.6 Å². The maximum atomic E-state index is 11.8. The van der Waals surface area contributed by atoms with Gasteiger partial charge in [-0.2, -0.15) is 0 Å². The van der Waals surface area contributed by atoms with Gasteiger partial charge in [0.1, 0.15) is 5.75 Å². The maximum absolute atomic E-state index is 11.8. The number of amides is 1. The van der Waals surface area contributed by atoms with E-state index in [2.05, 4.69) is 10.3 Å². The number of carbonyl (C=O) groups excluding carboxylic acids is 1.